The van der Waals surface area contributed by atoms with Crippen molar-refractivity contribution in [3.05, 3.63) is 29.8 Å². The number of hydrogen-bond donors (Lipinski definition) is 1. The molecule has 0 saturated heterocycles. The molecule has 0 radical (unpaired) electrons. The second-order valence-electron chi connectivity index (χ2n) is 7.74. The number of benzene rings is 1. The van der Waals surface area contributed by atoms with Crippen LogP contribution in [0.25, 0.3) is 0 Å². The lowest BCUT2D eigenvalue weighted by molar-refractivity contribution is -0.162. The van der Waals surface area contributed by atoms with Gasteiger partial charge in [-0.1, -0.05) is 38.0 Å². The topological polar surface area (TPSA) is 75.7 Å². The fourth-order valence-electron chi connectivity index (χ4n) is 4.18. The fraction of sp³-hybridized carbons (Fsp3) is 0.591. The molecular weight excluding hydrogens is 356 g/mol. The number of carbonyl (C=O) groups is 3. The highest BCUT2D eigenvalue weighted by molar-refractivity contribution is 5.99. The van der Waals surface area contributed by atoms with Crippen LogP contribution in [0, 0.1) is 11.8 Å². The quantitative estimate of drug-likeness (QED) is 0.763. The largest absolute Gasteiger partial charge is 0.452 e. The third kappa shape index (κ3) is 4.37. The van der Waals surface area contributed by atoms with E-state index < -0.39 is 18.0 Å². The molecule has 1 saturated carbocycles. The first-order valence-electron chi connectivity index (χ1n) is 10.4. The summed E-state index contributed by atoms with van der Waals surface area (Å²) in [6, 6.07) is 7.94. The van der Waals surface area contributed by atoms with Gasteiger partial charge < -0.3 is 15.0 Å². The van der Waals surface area contributed by atoms with E-state index in [4.69, 9.17) is 4.74 Å². The summed E-state index contributed by atoms with van der Waals surface area (Å²) in [6.45, 7) is 4.76. The molecule has 1 heterocycles. The van der Waals surface area contributed by atoms with Crippen molar-refractivity contribution in [2.45, 2.75) is 58.5 Å². The van der Waals surface area contributed by atoms with E-state index >= 15 is 0 Å². The predicted molar refractivity (Wildman–Crippen MR) is 107 cm³/mol. The number of para-hydroxylation sites is 1. The monoisotopic (exact) mass is 386 g/mol. The molecule has 0 bridgehead atoms. The highest BCUT2D eigenvalue weighted by Gasteiger charge is 2.41. The Morgan fingerprint density at radius 3 is 2.64 bits per heavy atom. The highest BCUT2D eigenvalue weighted by Crippen LogP contribution is 2.36. The lowest BCUT2D eigenvalue weighted by Gasteiger charge is -2.32. The molecule has 3 atom stereocenters. The molecule has 28 heavy (non-hydrogen) atoms. The van der Waals surface area contributed by atoms with Gasteiger partial charge in [-0.25, -0.2) is 0 Å². The molecule has 3 rings (SSSR count). The summed E-state index contributed by atoms with van der Waals surface area (Å²) in [5.41, 5.74) is 2.13. The average molecular weight is 386 g/mol. The molecule has 2 aliphatic rings. The molecule has 1 aromatic rings. The van der Waals surface area contributed by atoms with E-state index in [0.717, 1.165) is 31.4 Å². The van der Waals surface area contributed by atoms with Crippen LogP contribution in [0.1, 0.15) is 51.5 Å². The molecule has 6 nitrogen and oxygen atoms in total. The number of nitrogens with one attached hydrogen (secondary N) is 1. The molecule has 0 aromatic heterocycles. The molecule has 152 valence electrons. The molecule has 0 spiro atoms. The number of esters is 1. The van der Waals surface area contributed by atoms with Crippen LogP contribution in [-0.2, 0) is 25.5 Å². The summed E-state index contributed by atoms with van der Waals surface area (Å²) < 4.78 is 5.44. The summed E-state index contributed by atoms with van der Waals surface area (Å²) in [5.74, 6) is -1.56. The SMILES string of the molecule is CCCNC(=O)C(C)OC(=O)C1CCCCC1C(=O)N1CCc2ccccc21. The van der Waals surface area contributed by atoms with Gasteiger partial charge in [-0.05, 0) is 44.2 Å². The van der Waals surface area contributed by atoms with Crippen LogP contribution in [0.3, 0.4) is 0 Å². The first kappa shape index (κ1) is 20.4. The Morgan fingerprint density at radius 1 is 1.18 bits per heavy atom. The molecule has 1 aliphatic heterocycles. The van der Waals surface area contributed by atoms with Gasteiger partial charge in [-0.2, -0.15) is 0 Å². The molecular formula is C22H30N2O4. The first-order chi connectivity index (χ1) is 13.5. The van der Waals surface area contributed by atoms with Gasteiger partial charge in [-0.3, -0.25) is 14.4 Å². The van der Waals surface area contributed by atoms with E-state index in [1.165, 1.54) is 5.56 Å². The van der Waals surface area contributed by atoms with Crippen molar-refractivity contribution in [1.82, 2.24) is 5.32 Å². The zero-order valence-corrected chi connectivity index (χ0v) is 16.8. The predicted octanol–water partition coefficient (Wildman–Crippen LogP) is 2.84. The normalized spacial score (nSPS) is 22.3. The third-order valence-electron chi connectivity index (χ3n) is 5.75. The molecule has 3 unspecified atom stereocenters. The lowest BCUT2D eigenvalue weighted by Crippen LogP contribution is -2.44. The number of hydrogen-bond acceptors (Lipinski definition) is 4. The highest BCUT2D eigenvalue weighted by atomic mass is 16.5. The minimum absolute atomic E-state index is 0.00897. The van der Waals surface area contributed by atoms with E-state index in [9.17, 15) is 14.4 Å². The van der Waals surface area contributed by atoms with Gasteiger partial charge in [0.05, 0.1) is 11.8 Å². The smallest absolute Gasteiger partial charge is 0.310 e. The lowest BCUT2D eigenvalue weighted by atomic mass is 9.78. The summed E-state index contributed by atoms with van der Waals surface area (Å²) in [4.78, 5) is 39.9. The summed E-state index contributed by atoms with van der Waals surface area (Å²) in [7, 11) is 0. The van der Waals surface area contributed by atoms with Crippen molar-refractivity contribution >= 4 is 23.5 Å². The number of fused-ring (bicyclic) bond motifs is 1. The second kappa shape index (κ2) is 9.22. The summed E-state index contributed by atoms with van der Waals surface area (Å²) in [6.07, 6.45) is 3.98. The van der Waals surface area contributed by atoms with Crippen LogP contribution >= 0.6 is 0 Å². The van der Waals surface area contributed by atoms with Gasteiger partial charge in [0, 0.05) is 18.8 Å². The maximum atomic E-state index is 13.3. The Bertz CT molecular complexity index is 733. The second-order valence-corrected chi connectivity index (χ2v) is 7.74. The number of amides is 2. The number of carbonyl (C=O) groups excluding carboxylic acids is 3. The molecule has 2 amide bonds. The van der Waals surface area contributed by atoms with Gasteiger partial charge >= 0.3 is 5.97 Å². The molecule has 1 fully saturated rings. The maximum absolute atomic E-state index is 13.3. The van der Waals surface area contributed by atoms with E-state index in [0.29, 0.717) is 25.9 Å². The zero-order valence-electron chi connectivity index (χ0n) is 16.8. The van der Waals surface area contributed by atoms with Crippen LogP contribution in [0.4, 0.5) is 5.69 Å². The summed E-state index contributed by atoms with van der Waals surface area (Å²) >= 11 is 0. The zero-order chi connectivity index (χ0) is 20.1. The first-order valence-corrected chi connectivity index (χ1v) is 10.4. The van der Waals surface area contributed by atoms with E-state index in [-0.39, 0.29) is 17.7 Å². The van der Waals surface area contributed by atoms with Crippen molar-refractivity contribution in [2.75, 3.05) is 18.0 Å². The Hall–Kier alpha value is -2.37. The van der Waals surface area contributed by atoms with Crippen LogP contribution < -0.4 is 10.2 Å². The number of rotatable bonds is 6. The Kier molecular flexibility index (Phi) is 6.70. The van der Waals surface area contributed by atoms with Crippen LogP contribution in [0.15, 0.2) is 24.3 Å². The molecule has 1 aliphatic carbocycles. The number of ether oxygens (including phenoxy) is 1. The van der Waals surface area contributed by atoms with Gasteiger partial charge in [-0.15, -0.1) is 0 Å². The van der Waals surface area contributed by atoms with Crippen LogP contribution in [0.2, 0.25) is 0 Å². The molecule has 1 aromatic carbocycles. The number of anilines is 1. The van der Waals surface area contributed by atoms with Crippen LogP contribution in [-0.4, -0.2) is 37.0 Å². The van der Waals surface area contributed by atoms with Crippen LogP contribution in [0.5, 0.6) is 0 Å². The fourth-order valence-corrected chi connectivity index (χ4v) is 4.18. The van der Waals surface area contributed by atoms with Crippen molar-refractivity contribution in [2.24, 2.45) is 11.8 Å². The summed E-state index contributed by atoms with van der Waals surface area (Å²) in [5, 5.41) is 2.74. The third-order valence-corrected chi connectivity index (χ3v) is 5.75. The van der Waals surface area contributed by atoms with E-state index in [1.807, 2.05) is 36.1 Å². The van der Waals surface area contributed by atoms with Gasteiger partial charge in [0.25, 0.3) is 5.91 Å². The standard InChI is InChI=1S/C22H30N2O4/c1-3-13-23-20(25)15(2)28-22(27)18-10-6-5-9-17(18)21(26)24-14-12-16-8-4-7-11-19(16)24/h4,7-8,11,15,17-18H,3,5-6,9-10,12-14H2,1-2H3,(H,23,25). The van der Waals surface area contributed by atoms with Gasteiger partial charge in [0.15, 0.2) is 6.10 Å². The minimum atomic E-state index is -0.843. The number of nitrogens with zero attached hydrogens (tertiary/aromatic N) is 1. The molecule has 1 N–H and O–H groups in total. The van der Waals surface area contributed by atoms with Gasteiger partial charge in [0.1, 0.15) is 0 Å². The minimum Gasteiger partial charge on any atom is -0.452 e. The van der Waals surface area contributed by atoms with Crippen molar-refractivity contribution in [1.29, 1.82) is 0 Å². The average Bonchev–Trinajstić information content (AvgIpc) is 3.15. The van der Waals surface area contributed by atoms with Crippen molar-refractivity contribution in [3.8, 4) is 0 Å². The van der Waals surface area contributed by atoms with E-state index in [1.54, 1.807) is 6.92 Å². The molecule has 6 heteroatoms. The maximum Gasteiger partial charge on any atom is 0.310 e. The van der Waals surface area contributed by atoms with Crippen molar-refractivity contribution < 1.29 is 19.1 Å². The Morgan fingerprint density at radius 2 is 1.89 bits per heavy atom. The van der Waals surface area contributed by atoms with Crippen molar-refractivity contribution in [3.63, 3.8) is 0 Å². The van der Waals surface area contributed by atoms with E-state index in [2.05, 4.69) is 5.32 Å². The Labute approximate surface area is 166 Å². The Balaban J connectivity index is 1.68. The van der Waals surface area contributed by atoms with Gasteiger partial charge in [0.2, 0.25) is 5.91 Å².